The molecule has 2 fully saturated rings. The summed E-state index contributed by atoms with van der Waals surface area (Å²) in [6.07, 6.45) is 2.53. The molecule has 1 aromatic rings. The maximum absolute atomic E-state index is 12.9. The van der Waals surface area contributed by atoms with Gasteiger partial charge in [-0.3, -0.25) is 19.3 Å². The number of piperidine rings is 1. The average Bonchev–Trinajstić information content (AvgIpc) is 2.80. The number of hydrogen-bond donors (Lipinski definition) is 0. The van der Waals surface area contributed by atoms with Gasteiger partial charge in [0.2, 0.25) is 11.8 Å². The Morgan fingerprint density at radius 2 is 1.78 bits per heavy atom. The highest BCUT2D eigenvalue weighted by Crippen LogP contribution is 2.45. The summed E-state index contributed by atoms with van der Waals surface area (Å²) < 4.78 is 12.9. The van der Waals surface area contributed by atoms with Gasteiger partial charge in [0.25, 0.3) is 0 Å². The van der Waals surface area contributed by atoms with Gasteiger partial charge in [0.1, 0.15) is 5.82 Å². The number of carbonyl (C=O) groups is 3. The molecule has 2 saturated heterocycles. The van der Waals surface area contributed by atoms with Crippen molar-refractivity contribution < 1.29 is 18.8 Å². The number of hydrogen-bond acceptors (Lipinski definition) is 4. The first-order valence-electron chi connectivity index (χ1n) is 9.18. The predicted molar refractivity (Wildman–Crippen MR) is 105 cm³/mol. The summed E-state index contributed by atoms with van der Waals surface area (Å²) in [5, 5.41) is 0. The molecular formula is C20H26BrFN2O3. The summed E-state index contributed by atoms with van der Waals surface area (Å²) in [7, 11) is 1.57. The van der Waals surface area contributed by atoms with Crippen molar-refractivity contribution in [2.75, 3.05) is 26.7 Å². The van der Waals surface area contributed by atoms with E-state index in [1.54, 1.807) is 7.05 Å². The number of Topliss-reactive ketones (excluding diaryl/α,β-unsaturated/α-hetero) is 1. The second-order valence-electron chi connectivity index (χ2n) is 7.46. The standard InChI is InChI=1S/C20H25FN2O3.BrH/c1-14-18(25)22(2)19(26)20(14)9-12-23(13-10-20)11-3-4-17(24)15-5-7-16(21)8-6-15;/h5-8,14H,3-4,9-13H2,1-2H3;1H. The van der Waals surface area contributed by atoms with Crippen molar-refractivity contribution in [3.05, 3.63) is 35.6 Å². The highest BCUT2D eigenvalue weighted by atomic mass is 79.9. The molecule has 1 atom stereocenters. The molecule has 1 unspecified atom stereocenters. The molecule has 1 aromatic carbocycles. The van der Waals surface area contributed by atoms with Crippen molar-refractivity contribution in [1.82, 2.24) is 9.80 Å². The van der Waals surface area contributed by atoms with Crippen LogP contribution in [0.15, 0.2) is 24.3 Å². The molecule has 2 amide bonds. The van der Waals surface area contributed by atoms with Crippen LogP contribution in [0.4, 0.5) is 4.39 Å². The van der Waals surface area contributed by atoms with E-state index in [-0.39, 0.29) is 46.3 Å². The lowest BCUT2D eigenvalue weighted by atomic mass is 9.71. The van der Waals surface area contributed by atoms with E-state index in [0.29, 0.717) is 24.8 Å². The van der Waals surface area contributed by atoms with Crippen molar-refractivity contribution in [1.29, 1.82) is 0 Å². The maximum Gasteiger partial charge on any atom is 0.236 e. The average molecular weight is 441 g/mol. The monoisotopic (exact) mass is 440 g/mol. The summed E-state index contributed by atoms with van der Waals surface area (Å²) in [6, 6.07) is 5.64. The number of ketones is 1. The minimum atomic E-state index is -0.535. The molecule has 27 heavy (non-hydrogen) atoms. The minimum Gasteiger partial charge on any atom is -0.303 e. The number of halogens is 2. The smallest absolute Gasteiger partial charge is 0.236 e. The second-order valence-corrected chi connectivity index (χ2v) is 7.46. The summed E-state index contributed by atoms with van der Waals surface area (Å²) in [4.78, 5) is 40.3. The Morgan fingerprint density at radius 1 is 1.19 bits per heavy atom. The van der Waals surface area contributed by atoms with Crippen LogP contribution >= 0.6 is 17.0 Å². The lowest BCUT2D eigenvalue weighted by Gasteiger charge is -2.39. The van der Waals surface area contributed by atoms with E-state index in [1.165, 1.54) is 29.2 Å². The fraction of sp³-hybridized carbons (Fsp3) is 0.550. The van der Waals surface area contributed by atoms with Gasteiger partial charge < -0.3 is 4.90 Å². The summed E-state index contributed by atoms with van der Waals surface area (Å²) in [5.74, 6) is -0.689. The third-order valence-corrected chi connectivity index (χ3v) is 6.05. The molecule has 5 nitrogen and oxygen atoms in total. The Kier molecular flexibility index (Phi) is 6.92. The van der Waals surface area contributed by atoms with Crippen LogP contribution in [0, 0.1) is 17.2 Å². The molecule has 2 aliphatic rings. The van der Waals surface area contributed by atoms with Gasteiger partial charge in [-0.1, -0.05) is 6.92 Å². The van der Waals surface area contributed by atoms with Crippen LogP contribution < -0.4 is 0 Å². The molecule has 2 heterocycles. The zero-order valence-corrected chi connectivity index (χ0v) is 17.5. The summed E-state index contributed by atoms with van der Waals surface area (Å²) in [6.45, 7) is 4.18. The van der Waals surface area contributed by atoms with Crippen LogP contribution in [-0.4, -0.2) is 54.1 Å². The van der Waals surface area contributed by atoms with E-state index in [9.17, 15) is 18.8 Å². The minimum absolute atomic E-state index is 0. The van der Waals surface area contributed by atoms with Crippen molar-refractivity contribution in [3.63, 3.8) is 0 Å². The highest BCUT2D eigenvalue weighted by Gasteiger charge is 2.56. The Balaban J connectivity index is 0.00000261. The molecule has 0 aromatic heterocycles. The van der Waals surface area contributed by atoms with E-state index >= 15 is 0 Å². The Morgan fingerprint density at radius 3 is 2.30 bits per heavy atom. The van der Waals surface area contributed by atoms with E-state index in [2.05, 4.69) is 4.90 Å². The number of nitrogens with zero attached hydrogens (tertiary/aromatic N) is 2. The van der Waals surface area contributed by atoms with Crippen LogP contribution in [0.1, 0.15) is 43.0 Å². The zero-order valence-electron chi connectivity index (χ0n) is 15.7. The molecule has 0 N–H and O–H groups in total. The molecule has 3 rings (SSSR count). The molecule has 0 aliphatic carbocycles. The van der Waals surface area contributed by atoms with Crippen LogP contribution in [0.25, 0.3) is 0 Å². The molecule has 2 aliphatic heterocycles. The van der Waals surface area contributed by atoms with Crippen LogP contribution in [0.2, 0.25) is 0 Å². The largest absolute Gasteiger partial charge is 0.303 e. The Bertz CT molecular complexity index is 714. The van der Waals surface area contributed by atoms with Gasteiger partial charge in [-0.15, -0.1) is 17.0 Å². The lowest BCUT2D eigenvalue weighted by Crippen LogP contribution is -2.46. The fourth-order valence-electron chi connectivity index (χ4n) is 4.21. The number of carbonyl (C=O) groups excluding carboxylic acids is 3. The van der Waals surface area contributed by atoms with Crippen molar-refractivity contribution in [2.45, 2.75) is 32.6 Å². The third kappa shape index (κ3) is 4.14. The number of benzene rings is 1. The molecular weight excluding hydrogens is 415 g/mol. The van der Waals surface area contributed by atoms with Gasteiger partial charge in [-0.2, -0.15) is 0 Å². The molecule has 7 heteroatoms. The van der Waals surface area contributed by atoms with Gasteiger partial charge in [-0.05, 0) is 63.2 Å². The Hall–Kier alpha value is -1.60. The van der Waals surface area contributed by atoms with E-state index in [0.717, 1.165) is 26.1 Å². The predicted octanol–water partition coefficient (Wildman–Crippen LogP) is 3.08. The number of rotatable bonds is 5. The van der Waals surface area contributed by atoms with E-state index < -0.39 is 5.41 Å². The lowest BCUT2D eigenvalue weighted by molar-refractivity contribution is -0.141. The van der Waals surface area contributed by atoms with Gasteiger partial charge >= 0.3 is 0 Å². The number of likely N-dealkylation sites (tertiary alicyclic amines) is 2. The normalized spacial score (nSPS) is 22.2. The van der Waals surface area contributed by atoms with Gasteiger partial charge in [-0.25, -0.2) is 4.39 Å². The molecule has 0 radical (unpaired) electrons. The second kappa shape index (κ2) is 8.61. The molecule has 0 saturated carbocycles. The van der Waals surface area contributed by atoms with Crippen LogP contribution in [0.3, 0.4) is 0 Å². The first-order valence-corrected chi connectivity index (χ1v) is 9.18. The maximum atomic E-state index is 12.9. The fourth-order valence-corrected chi connectivity index (χ4v) is 4.21. The zero-order chi connectivity index (χ0) is 18.9. The molecule has 0 bridgehead atoms. The van der Waals surface area contributed by atoms with E-state index in [4.69, 9.17) is 0 Å². The first kappa shape index (κ1) is 21.7. The topological polar surface area (TPSA) is 57.7 Å². The van der Waals surface area contributed by atoms with Crippen molar-refractivity contribution in [2.24, 2.45) is 11.3 Å². The first-order chi connectivity index (χ1) is 12.3. The quantitative estimate of drug-likeness (QED) is 0.521. The van der Waals surface area contributed by atoms with Gasteiger partial charge in [0.15, 0.2) is 5.78 Å². The Labute approximate surface area is 169 Å². The third-order valence-electron chi connectivity index (χ3n) is 6.05. The van der Waals surface area contributed by atoms with Crippen LogP contribution in [-0.2, 0) is 9.59 Å². The van der Waals surface area contributed by atoms with Gasteiger partial charge in [0.05, 0.1) is 11.3 Å². The highest BCUT2D eigenvalue weighted by molar-refractivity contribution is 8.93. The van der Waals surface area contributed by atoms with Crippen molar-refractivity contribution in [3.8, 4) is 0 Å². The van der Waals surface area contributed by atoms with Crippen molar-refractivity contribution >= 4 is 34.6 Å². The number of amides is 2. The number of imide groups is 1. The van der Waals surface area contributed by atoms with Crippen LogP contribution in [0.5, 0.6) is 0 Å². The SMILES string of the molecule is Br.CC1C(=O)N(C)C(=O)C12CCN(CCCC(=O)c1ccc(F)cc1)CC2. The molecule has 1 spiro atoms. The van der Waals surface area contributed by atoms with E-state index in [1.807, 2.05) is 6.92 Å². The summed E-state index contributed by atoms with van der Waals surface area (Å²) in [5.41, 5.74) is 0.00244. The van der Waals surface area contributed by atoms with Gasteiger partial charge in [0, 0.05) is 19.0 Å². The molecule has 148 valence electrons. The summed E-state index contributed by atoms with van der Waals surface area (Å²) >= 11 is 0.